The van der Waals surface area contributed by atoms with E-state index in [1.165, 1.54) is 25.7 Å². The average molecular weight is 558 g/mol. The molecule has 1 aromatic heterocycles. The van der Waals surface area contributed by atoms with E-state index in [0.29, 0.717) is 18.8 Å². The van der Waals surface area contributed by atoms with Crippen molar-refractivity contribution in [3.63, 3.8) is 0 Å². The summed E-state index contributed by atoms with van der Waals surface area (Å²) in [6, 6.07) is 4.31. The van der Waals surface area contributed by atoms with Crippen LogP contribution in [0.2, 0.25) is 0 Å². The fourth-order valence-electron chi connectivity index (χ4n) is 4.65. The molecular weight excluding hydrogens is 517 g/mol. The Balaban J connectivity index is 0.00000289. The number of hydrogen-bond donors (Lipinski definition) is 1. The molecule has 0 radical (unpaired) electrons. The summed E-state index contributed by atoms with van der Waals surface area (Å²) in [4.78, 5) is 14.3. The highest BCUT2D eigenvalue weighted by molar-refractivity contribution is 14.0. The lowest BCUT2D eigenvalue weighted by Crippen LogP contribution is -2.47. The van der Waals surface area contributed by atoms with Crippen LogP contribution in [0.3, 0.4) is 0 Å². The van der Waals surface area contributed by atoms with Crippen molar-refractivity contribution >= 4 is 35.8 Å². The Kier molecular flexibility index (Phi) is 10.8. The Morgan fingerprint density at radius 1 is 1.12 bits per heavy atom. The van der Waals surface area contributed by atoms with E-state index in [-0.39, 0.29) is 24.0 Å². The highest BCUT2D eigenvalue weighted by atomic mass is 127. The second-order valence-electron chi connectivity index (χ2n) is 8.90. The highest BCUT2D eigenvalue weighted by Crippen LogP contribution is 2.19. The first-order valence-corrected chi connectivity index (χ1v) is 12.3. The first-order chi connectivity index (χ1) is 15.3. The van der Waals surface area contributed by atoms with E-state index in [2.05, 4.69) is 39.2 Å². The van der Waals surface area contributed by atoms with Gasteiger partial charge in [-0.2, -0.15) is 0 Å². The average Bonchev–Trinajstić information content (AvgIpc) is 3.37. The zero-order valence-electron chi connectivity index (χ0n) is 19.5. The van der Waals surface area contributed by atoms with Crippen LogP contribution in [0.1, 0.15) is 57.4 Å². The van der Waals surface area contributed by atoms with E-state index < -0.39 is 0 Å². The van der Waals surface area contributed by atoms with Crippen LogP contribution in [0.15, 0.2) is 23.3 Å². The molecule has 3 aliphatic heterocycles. The Morgan fingerprint density at radius 2 is 1.94 bits per heavy atom. The number of nitrogens with one attached hydrogen (secondary N) is 1. The van der Waals surface area contributed by atoms with Crippen molar-refractivity contribution in [2.45, 2.75) is 70.6 Å². The molecule has 32 heavy (non-hydrogen) atoms. The number of guanidine groups is 1. The summed E-state index contributed by atoms with van der Waals surface area (Å²) in [7, 11) is 0. The van der Waals surface area contributed by atoms with Crippen LogP contribution >= 0.6 is 24.0 Å². The first-order valence-electron chi connectivity index (χ1n) is 12.3. The number of piperidine rings is 1. The Morgan fingerprint density at radius 3 is 2.59 bits per heavy atom. The van der Waals surface area contributed by atoms with Gasteiger partial charge in [0.2, 0.25) is 0 Å². The van der Waals surface area contributed by atoms with Crippen LogP contribution in [0.5, 0.6) is 0 Å². The molecule has 4 rings (SSSR count). The predicted octanol–water partition coefficient (Wildman–Crippen LogP) is 3.82. The number of ether oxygens (including phenoxy) is 2. The quantitative estimate of drug-likeness (QED) is 0.313. The minimum Gasteiger partial charge on any atom is -0.376 e. The summed E-state index contributed by atoms with van der Waals surface area (Å²) in [5.41, 5.74) is 1.16. The van der Waals surface area contributed by atoms with Gasteiger partial charge in [0.1, 0.15) is 5.82 Å². The van der Waals surface area contributed by atoms with Gasteiger partial charge in [-0.25, -0.2) is 9.98 Å². The summed E-state index contributed by atoms with van der Waals surface area (Å²) in [6.07, 6.45) is 10.9. The molecule has 0 spiro atoms. The predicted molar refractivity (Wildman–Crippen MR) is 140 cm³/mol. The second kappa shape index (κ2) is 13.5. The molecule has 7 nitrogen and oxygen atoms in total. The van der Waals surface area contributed by atoms with E-state index in [0.717, 1.165) is 82.5 Å². The third-order valence-electron chi connectivity index (χ3n) is 6.52. The van der Waals surface area contributed by atoms with E-state index in [4.69, 9.17) is 14.5 Å². The van der Waals surface area contributed by atoms with Crippen LogP contribution in [-0.4, -0.2) is 74.0 Å². The van der Waals surface area contributed by atoms with E-state index >= 15 is 0 Å². The summed E-state index contributed by atoms with van der Waals surface area (Å²) >= 11 is 0. The van der Waals surface area contributed by atoms with E-state index in [1.807, 2.05) is 6.20 Å². The van der Waals surface area contributed by atoms with E-state index in [1.54, 1.807) is 0 Å². The lowest BCUT2D eigenvalue weighted by Gasteiger charge is -2.35. The monoisotopic (exact) mass is 557 g/mol. The molecule has 0 saturated carbocycles. The zero-order valence-corrected chi connectivity index (χ0v) is 21.8. The molecule has 1 unspecified atom stereocenters. The molecule has 0 aromatic carbocycles. The number of likely N-dealkylation sites (tertiary alicyclic amines) is 1. The lowest BCUT2D eigenvalue weighted by molar-refractivity contribution is -0.0721. The van der Waals surface area contributed by atoms with Crippen molar-refractivity contribution in [2.75, 3.05) is 50.8 Å². The van der Waals surface area contributed by atoms with Crippen LogP contribution in [0.4, 0.5) is 5.82 Å². The molecule has 3 aliphatic rings. The Labute approximate surface area is 210 Å². The van der Waals surface area contributed by atoms with Crippen LogP contribution in [0, 0.1) is 0 Å². The number of rotatable bonds is 7. The molecule has 8 heteroatoms. The number of anilines is 1. The normalized spacial score (nSPS) is 22.7. The van der Waals surface area contributed by atoms with E-state index in [9.17, 15) is 0 Å². The van der Waals surface area contributed by atoms with Crippen LogP contribution in [0.25, 0.3) is 0 Å². The van der Waals surface area contributed by atoms with Crippen molar-refractivity contribution in [2.24, 2.45) is 4.99 Å². The molecule has 3 saturated heterocycles. The third-order valence-corrected chi connectivity index (χ3v) is 6.52. The summed E-state index contributed by atoms with van der Waals surface area (Å²) in [5.74, 6) is 2.10. The Bertz CT molecular complexity index is 682. The van der Waals surface area contributed by atoms with Gasteiger partial charge in [-0.1, -0.05) is 6.07 Å². The fourth-order valence-corrected chi connectivity index (χ4v) is 4.65. The maximum absolute atomic E-state index is 6.17. The lowest BCUT2D eigenvalue weighted by atomic mass is 10.1. The van der Waals surface area contributed by atoms with Crippen molar-refractivity contribution < 1.29 is 9.47 Å². The molecule has 0 aliphatic carbocycles. The van der Waals surface area contributed by atoms with Crippen LogP contribution < -0.4 is 10.2 Å². The van der Waals surface area contributed by atoms with Gasteiger partial charge in [0.15, 0.2) is 5.96 Å². The molecule has 0 amide bonds. The van der Waals surface area contributed by atoms with Crippen molar-refractivity contribution in [3.8, 4) is 0 Å². The fraction of sp³-hybridized carbons (Fsp3) is 0.750. The SMILES string of the molecule is CCNC(=NCc1ccc(N2CCCC2)nc1)N1CCC(OCC2CCCCO2)CC1.I. The molecule has 0 bridgehead atoms. The summed E-state index contributed by atoms with van der Waals surface area (Å²) < 4.78 is 12.0. The van der Waals surface area contributed by atoms with Gasteiger partial charge in [0.05, 0.1) is 25.4 Å². The number of aromatic nitrogens is 1. The van der Waals surface area contributed by atoms with Crippen molar-refractivity contribution in [3.05, 3.63) is 23.9 Å². The van der Waals surface area contributed by atoms with Gasteiger partial charge in [0, 0.05) is 45.5 Å². The molecule has 1 aromatic rings. The minimum absolute atomic E-state index is 0. The van der Waals surface area contributed by atoms with Gasteiger partial charge in [0.25, 0.3) is 0 Å². The maximum Gasteiger partial charge on any atom is 0.194 e. The number of hydrogen-bond acceptors (Lipinski definition) is 5. The Hall–Kier alpha value is -1.13. The molecule has 3 fully saturated rings. The molecule has 4 heterocycles. The number of pyridine rings is 1. The van der Waals surface area contributed by atoms with Gasteiger partial charge in [-0.05, 0) is 63.5 Å². The highest BCUT2D eigenvalue weighted by Gasteiger charge is 2.24. The number of nitrogens with zero attached hydrogens (tertiary/aromatic N) is 4. The smallest absolute Gasteiger partial charge is 0.194 e. The van der Waals surface area contributed by atoms with Gasteiger partial charge < -0.3 is 24.6 Å². The van der Waals surface area contributed by atoms with Gasteiger partial charge in [-0.15, -0.1) is 24.0 Å². The first kappa shape index (κ1) is 25.5. The standard InChI is InChI=1S/C24H39N5O2.HI/c1-2-25-24(27-18-20-8-9-23(26-17-20)28-12-4-5-13-28)29-14-10-21(11-15-29)31-19-22-7-3-6-16-30-22;/h8-9,17,21-22H,2-7,10-16,18-19H2,1H3,(H,25,27);1H. The summed E-state index contributed by atoms with van der Waals surface area (Å²) in [6.45, 7) is 9.52. The molecule has 1 atom stereocenters. The van der Waals surface area contributed by atoms with Crippen LogP contribution in [-0.2, 0) is 16.0 Å². The topological polar surface area (TPSA) is 62.2 Å². The maximum atomic E-state index is 6.17. The largest absolute Gasteiger partial charge is 0.376 e. The number of aliphatic imine (C=N–C) groups is 1. The second-order valence-corrected chi connectivity index (χ2v) is 8.90. The molecule has 180 valence electrons. The zero-order chi connectivity index (χ0) is 21.3. The molecular formula is C24H40IN5O2. The third kappa shape index (κ3) is 7.45. The van der Waals surface area contributed by atoms with Gasteiger partial charge >= 0.3 is 0 Å². The van der Waals surface area contributed by atoms with Crippen molar-refractivity contribution in [1.82, 2.24) is 15.2 Å². The summed E-state index contributed by atoms with van der Waals surface area (Å²) in [5, 5.41) is 3.46. The minimum atomic E-state index is 0. The van der Waals surface area contributed by atoms with Crippen molar-refractivity contribution in [1.29, 1.82) is 0 Å². The number of halogens is 1. The molecule has 1 N–H and O–H groups in total. The van der Waals surface area contributed by atoms with Gasteiger partial charge in [-0.3, -0.25) is 0 Å².